The fraction of sp³-hybridized carbons (Fsp3) is 0.967. The van der Waals surface area contributed by atoms with Crippen LogP contribution < -0.4 is 10.6 Å². The van der Waals surface area contributed by atoms with Crippen molar-refractivity contribution in [2.75, 3.05) is 65.6 Å². The number of amides is 1. The van der Waals surface area contributed by atoms with Crippen LogP contribution >= 0.6 is 11.6 Å². The van der Waals surface area contributed by atoms with Crippen LogP contribution in [0.4, 0.5) is 4.39 Å². The predicted molar refractivity (Wildman–Crippen MR) is 160 cm³/mol. The van der Waals surface area contributed by atoms with Crippen LogP contribution in [-0.2, 0) is 9.53 Å². The van der Waals surface area contributed by atoms with Gasteiger partial charge in [-0.3, -0.25) is 25.2 Å². The molecule has 0 aromatic heterocycles. The molecule has 8 atom stereocenters. The fourth-order valence-corrected chi connectivity index (χ4v) is 7.94. The molecule has 0 bridgehead atoms. The van der Waals surface area contributed by atoms with Crippen LogP contribution in [0.3, 0.4) is 0 Å². The highest BCUT2D eigenvalue weighted by Crippen LogP contribution is 2.36. The van der Waals surface area contributed by atoms with E-state index < -0.39 is 31.1 Å². The van der Waals surface area contributed by atoms with E-state index in [2.05, 4.69) is 15.5 Å². The van der Waals surface area contributed by atoms with E-state index in [9.17, 15) is 20.1 Å². The summed E-state index contributed by atoms with van der Waals surface area (Å²) in [7, 11) is 0. The highest BCUT2D eigenvalue weighted by atomic mass is 35.5. The number of ether oxygens (including phenoxy) is 1. The summed E-state index contributed by atoms with van der Waals surface area (Å²) in [5.41, 5.74) is 0. The first-order valence-corrected chi connectivity index (χ1v) is 16.9. The smallest absolute Gasteiger partial charge is 0.223 e. The summed E-state index contributed by atoms with van der Waals surface area (Å²) in [6.07, 6.45) is 1.68. The van der Waals surface area contributed by atoms with E-state index in [1.165, 1.54) is 12.8 Å². The number of β-amino-alcohol motifs (C(OH)–C–C–N with tert-alkyl or cyclic N) is 1. The summed E-state index contributed by atoms with van der Waals surface area (Å²) in [5, 5.41) is 45.8. The van der Waals surface area contributed by atoms with Crippen LogP contribution in [-0.4, -0.2) is 155 Å². The minimum atomic E-state index is -1.42. The summed E-state index contributed by atoms with van der Waals surface area (Å²) in [6, 6.07) is 0.0452. The number of nitrogens with one attached hydrogen (secondary N) is 2. The van der Waals surface area contributed by atoms with Crippen LogP contribution in [0.5, 0.6) is 0 Å². The van der Waals surface area contributed by atoms with Gasteiger partial charge in [0.1, 0.15) is 24.7 Å². The maximum Gasteiger partial charge on any atom is 0.223 e. The summed E-state index contributed by atoms with van der Waals surface area (Å²) >= 11 is 6.16. The Morgan fingerprint density at radius 1 is 1.02 bits per heavy atom. The van der Waals surface area contributed by atoms with Gasteiger partial charge in [-0.25, -0.2) is 4.39 Å². The molecular formula is C30H53ClFN5O6. The molecule has 0 spiro atoms. The molecule has 0 aromatic carbocycles. The molecule has 1 amide bonds. The Bertz CT molecular complexity index is 882. The van der Waals surface area contributed by atoms with Crippen LogP contribution in [0.25, 0.3) is 0 Å². The second kappa shape index (κ2) is 15.8. The molecule has 0 aromatic rings. The number of aliphatic hydroxyl groups is 4. The van der Waals surface area contributed by atoms with Gasteiger partial charge in [-0.15, -0.1) is 11.6 Å². The molecule has 5 aliphatic rings. The number of piperidine rings is 1. The lowest BCUT2D eigenvalue weighted by atomic mass is 9.82. The molecule has 1 aliphatic carbocycles. The average Bonchev–Trinajstić information content (AvgIpc) is 3.30. The second-order valence-corrected chi connectivity index (χ2v) is 14.2. The average molecular weight is 634 g/mol. The normalized spacial score (nSPS) is 36.6. The molecule has 3 unspecified atom stereocenters. The number of hydrogen-bond acceptors (Lipinski definition) is 10. The monoisotopic (exact) mass is 633 g/mol. The molecule has 43 heavy (non-hydrogen) atoms. The molecular weight excluding hydrogens is 581 g/mol. The van der Waals surface area contributed by atoms with Crippen molar-refractivity contribution in [2.24, 2.45) is 17.8 Å². The van der Waals surface area contributed by atoms with Crippen molar-refractivity contribution >= 4 is 17.5 Å². The van der Waals surface area contributed by atoms with E-state index in [0.717, 1.165) is 45.4 Å². The molecule has 0 radical (unpaired) electrons. The first kappa shape index (κ1) is 33.7. The largest absolute Gasteiger partial charge is 0.394 e. The Morgan fingerprint density at radius 3 is 2.47 bits per heavy atom. The number of carbonyl (C=O) groups is 1. The number of fused-ring (bicyclic) bond motifs is 1. The number of hydrogen-bond donors (Lipinski definition) is 6. The first-order valence-electron chi connectivity index (χ1n) is 16.5. The minimum Gasteiger partial charge on any atom is -0.394 e. The Balaban J connectivity index is 0.930. The third kappa shape index (κ3) is 8.78. The van der Waals surface area contributed by atoms with Gasteiger partial charge >= 0.3 is 0 Å². The van der Waals surface area contributed by atoms with Crippen LogP contribution in [0.1, 0.15) is 51.4 Å². The Kier molecular flexibility index (Phi) is 12.3. The number of nitrogens with zero attached hydrogens (tertiary/aromatic N) is 3. The van der Waals surface area contributed by atoms with Crippen LogP contribution in [0.15, 0.2) is 0 Å². The summed E-state index contributed by atoms with van der Waals surface area (Å²) < 4.78 is 21.2. The van der Waals surface area contributed by atoms with Gasteiger partial charge in [0.2, 0.25) is 5.91 Å². The number of likely N-dealkylation sites (tertiary alicyclic amines) is 3. The number of alkyl halides is 2. The Hall–Kier alpha value is -0.670. The summed E-state index contributed by atoms with van der Waals surface area (Å²) in [4.78, 5) is 19.3. The SMILES string of the molecule is O=C(CC1CCC(OCCCC2CCN(C3NCC(Cl)CN3)CC2)CC1F)N1C[C@@H]2CN(C[C@H](O)[C@H](O)[C@H](O)CO)C[C@@H]21. The van der Waals surface area contributed by atoms with Crippen molar-refractivity contribution < 1.29 is 34.3 Å². The lowest BCUT2D eigenvalue weighted by molar-refractivity contribution is -0.143. The van der Waals surface area contributed by atoms with Gasteiger partial charge < -0.3 is 30.1 Å². The van der Waals surface area contributed by atoms with Gasteiger partial charge in [-0.1, -0.05) is 0 Å². The molecule has 4 aliphatic heterocycles. The van der Waals surface area contributed by atoms with Crippen LogP contribution in [0.2, 0.25) is 0 Å². The van der Waals surface area contributed by atoms with Gasteiger partial charge in [0.15, 0.2) is 0 Å². The standard InChI is InChI=1S/C30H53ClFN5O6/c31-22-12-33-30(34-13-22)36-7-5-19(6-8-36)2-1-9-43-23-4-3-20(24(32)11-23)10-28(41)37-15-21-14-35(16-25(21)37)17-26(39)29(42)27(40)18-38/h19-27,29-30,33-34,38-40,42H,1-18H2/t20?,21-,22?,23?,24?,25-,26-,27+,29-,30?/m0/s1. The maximum atomic E-state index is 15.1. The molecule has 5 rings (SSSR count). The molecule has 13 heteroatoms. The Labute approximate surface area is 260 Å². The van der Waals surface area contributed by atoms with E-state index in [0.29, 0.717) is 50.9 Å². The van der Waals surface area contributed by atoms with Gasteiger partial charge in [-0.2, -0.15) is 0 Å². The van der Waals surface area contributed by atoms with Crippen molar-refractivity contribution in [3.63, 3.8) is 0 Å². The zero-order chi connectivity index (χ0) is 30.5. The van der Waals surface area contributed by atoms with Crippen molar-refractivity contribution in [1.82, 2.24) is 25.3 Å². The molecule has 248 valence electrons. The van der Waals surface area contributed by atoms with Crippen molar-refractivity contribution in [3.8, 4) is 0 Å². The van der Waals surface area contributed by atoms with Crippen molar-refractivity contribution in [1.29, 1.82) is 0 Å². The highest BCUT2D eigenvalue weighted by molar-refractivity contribution is 6.21. The lowest BCUT2D eigenvalue weighted by Gasteiger charge is -2.44. The first-order chi connectivity index (χ1) is 20.7. The second-order valence-electron chi connectivity index (χ2n) is 13.6. The zero-order valence-electron chi connectivity index (χ0n) is 25.3. The molecule has 4 heterocycles. The third-order valence-corrected chi connectivity index (χ3v) is 10.8. The van der Waals surface area contributed by atoms with E-state index in [1.807, 2.05) is 9.80 Å². The number of rotatable bonds is 13. The van der Waals surface area contributed by atoms with Gasteiger partial charge in [0.25, 0.3) is 0 Å². The lowest BCUT2D eigenvalue weighted by Crippen LogP contribution is -2.62. The number of carbonyl (C=O) groups excluding carboxylic acids is 1. The van der Waals surface area contributed by atoms with Crippen molar-refractivity contribution in [3.05, 3.63) is 0 Å². The topological polar surface area (TPSA) is 141 Å². The zero-order valence-corrected chi connectivity index (χ0v) is 26.0. The molecule has 11 nitrogen and oxygen atoms in total. The highest BCUT2D eigenvalue weighted by Gasteiger charge is 2.48. The van der Waals surface area contributed by atoms with E-state index in [-0.39, 0.29) is 48.6 Å². The van der Waals surface area contributed by atoms with Gasteiger partial charge in [-0.05, 0) is 50.4 Å². The van der Waals surface area contributed by atoms with Gasteiger partial charge in [0, 0.05) is 77.7 Å². The maximum absolute atomic E-state index is 15.1. The van der Waals surface area contributed by atoms with Gasteiger partial charge in [0.05, 0.1) is 30.2 Å². The third-order valence-electron chi connectivity index (χ3n) is 10.5. The number of halogens is 2. The number of aliphatic hydroxyl groups excluding tert-OH is 4. The Morgan fingerprint density at radius 2 is 1.77 bits per heavy atom. The molecule has 1 saturated carbocycles. The quantitative estimate of drug-likeness (QED) is 0.118. The fourth-order valence-electron chi connectivity index (χ4n) is 7.77. The molecule has 4 saturated heterocycles. The van der Waals surface area contributed by atoms with E-state index >= 15 is 4.39 Å². The van der Waals surface area contributed by atoms with E-state index in [1.54, 1.807) is 0 Å². The summed E-state index contributed by atoms with van der Waals surface area (Å²) in [5.74, 6) is 0.744. The molecule has 6 N–H and O–H groups in total. The minimum absolute atomic E-state index is 0.00394. The van der Waals surface area contributed by atoms with Crippen molar-refractivity contribution in [2.45, 2.75) is 99.7 Å². The predicted octanol–water partition coefficient (Wildman–Crippen LogP) is -0.306. The van der Waals surface area contributed by atoms with E-state index in [4.69, 9.17) is 21.4 Å². The summed E-state index contributed by atoms with van der Waals surface area (Å²) in [6.45, 7) is 5.96. The molecule has 5 fully saturated rings. The van der Waals surface area contributed by atoms with Crippen LogP contribution in [0, 0.1) is 17.8 Å².